The Morgan fingerprint density at radius 1 is 0.929 bits per heavy atom. The lowest BCUT2D eigenvalue weighted by Gasteiger charge is -2.43. The summed E-state index contributed by atoms with van der Waals surface area (Å²) < 4.78 is 12.0. The van der Waals surface area contributed by atoms with E-state index in [0.29, 0.717) is 23.2 Å². The molecule has 0 bridgehead atoms. The van der Waals surface area contributed by atoms with Crippen molar-refractivity contribution in [2.75, 3.05) is 20.2 Å². The molecular weight excluding hydrogens is 386 g/mol. The maximum atomic E-state index is 11.8. The van der Waals surface area contributed by atoms with Crippen LogP contribution in [0.5, 0.6) is 0 Å². The van der Waals surface area contributed by atoms with Gasteiger partial charge in [0.05, 0.1) is 0 Å². The Morgan fingerprint density at radius 3 is 1.86 bits per heavy atom. The number of aliphatic carboxylic acids is 1. The molecule has 0 spiro atoms. The zero-order valence-electron chi connectivity index (χ0n) is 19.9. The van der Waals surface area contributed by atoms with Gasteiger partial charge in [-0.1, -0.05) is 60.8 Å². The van der Waals surface area contributed by atoms with E-state index in [4.69, 9.17) is 8.85 Å². The predicted molar refractivity (Wildman–Crippen MR) is 124 cm³/mol. The van der Waals surface area contributed by atoms with Gasteiger partial charge >= 0.3 is 5.97 Å². The number of carboxylic acids is 1. The number of unbranched alkanes of at least 4 members (excludes halogenated alkanes) is 3. The van der Waals surface area contributed by atoms with Crippen LogP contribution in [0.25, 0.3) is 0 Å². The van der Waals surface area contributed by atoms with E-state index in [0.717, 1.165) is 13.0 Å². The number of rotatable bonds is 16. The molecule has 0 radical (unpaired) electrons. The smallest absolute Gasteiger partial charge is 0.332 e. The van der Waals surface area contributed by atoms with Crippen molar-refractivity contribution >= 4 is 22.6 Å². The molecule has 5 nitrogen and oxygen atoms in total. The van der Waals surface area contributed by atoms with E-state index >= 15 is 0 Å². The Labute approximate surface area is 176 Å². The normalized spacial score (nSPS) is 14.3. The number of hydrogen-bond acceptors (Lipinski definition) is 4. The summed E-state index contributed by atoms with van der Waals surface area (Å²) in [6, 6.07) is 1.21. The molecule has 0 aliphatic carbocycles. The monoisotopic (exact) mass is 433 g/mol. The summed E-state index contributed by atoms with van der Waals surface area (Å²) in [5.74, 6) is -0.849. The van der Waals surface area contributed by atoms with Gasteiger partial charge in [-0.15, -0.1) is 0 Å². The first-order valence-electron chi connectivity index (χ1n) is 11.1. The zero-order chi connectivity index (χ0) is 22.0. The molecule has 0 saturated carbocycles. The summed E-state index contributed by atoms with van der Waals surface area (Å²) in [6.07, 6.45) is 3.92. The summed E-state index contributed by atoms with van der Waals surface area (Å²) in [4.78, 5) is 11.8. The van der Waals surface area contributed by atoms with Gasteiger partial charge in [0.25, 0.3) is 0 Å². The second kappa shape index (κ2) is 13.2. The summed E-state index contributed by atoms with van der Waals surface area (Å²) in [5, 5.41) is 13.0. The van der Waals surface area contributed by atoms with Crippen molar-refractivity contribution in [2.24, 2.45) is 0 Å². The highest BCUT2D eigenvalue weighted by Crippen LogP contribution is 2.42. The number of nitrogens with one attached hydrogen (secondary N) is 1. The molecular formula is C21H47NO4Si2. The van der Waals surface area contributed by atoms with Crippen LogP contribution in [-0.4, -0.2) is 54.0 Å². The Hall–Kier alpha value is -0.216. The molecule has 1 unspecified atom stereocenters. The maximum absolute atomic E-state index is 11.8. The summed E-state index contributed by atoms with van der Waals surface area (Å²) >= 11 is 0. The molecule has 0 aliphatic rings. The van der Waals surface area contributed by atoms with E-state index < -0.39 is 28.7 Å². The van der Waals surface area contributed by atoms with Crippen LogP contribution in [0.2, 0.25) is 35.8 Å². The van der Waals surface area contributed by atoms with Crippen molar-refractivity contribution in [3.63, 3.8) is 0 Å². The fourth-order valence-corrected chi connectivity index (χ4v) is 11.1. The fraction of sp³-hybridized carbons (Fsp3) is 0.952. The van der Waals surface area contributed by atoms with Crippen LogP contribution in [0.1, 0.15) is 67.2 Å². The van der Waals surface area contributed by atoms with Gasteiger partial charge in [0, 0.05) is 13.7 Å². The first-order valence-corrected chi connectivity index (χ1v) is 16.3. The Morgan fingerprint density at radius 2 is 1.43 bits per heavy atom. The van der Waals surface area contributed by atoms with Crippen molar-refractivity contribution in [3.8, 4) is 0 Å². The minimum atomic E-state index is -2.19. The average Bonchev–Trinajstić information content (AvgIpc) is 2.58. The Balaban J connectivity index is 4.45. The van der Waals surface area contributed by atoms with Gasteiger partial charge in [-0.2, -0.15) is 0 Å². The van der Waals surface area contributed by atoms with Crippen LogP contribution in [0.3, 0.4) is 0 Å². The fourth-order valence-electron chi connectivity index (χ4n) is 4.32. The molecule has 0 aliphatic heterocycles. The van der Waals surface area contributed by atoms with E-state index in [1.54, 1.807) is 0 Å². The highest BCUT2D eigenvalue weighted by molar-refractivity contribution is 6.77. The molecule has 0 rings (SSSR count). The lowest BCUT2D eigenvalue weighted by atomic mass is 10.2. The molecule has 28 heavy (non-hydrogen) atoms. The van der Waals surface area contributed by atoms with Gasteiger partial charge in [-0.3, -0.25) is 0 Å². The molecule has 168 valence electrons. The average molecular weight is 434 g/mol. The van der Waals surface area contributed by atoms with Crippen molar-refractivity contribution < 1.29 is 18.8 Å². The molecule has 7 heteroatoms. The molecule has 0 heterocycles. The quantitative estimate of drug-likeness (QED) is 0.244. The third kappa shape index (κ3) is 9.07. The van der Waals surface area contributed by atoms with E-state index in [2.05, 4.69) is 60.0 Å². The SMILES string of the molecule is CO[Si](C)(C)CCCCCCNCC(O[Si](C(C)C)(C(C)C)C(C)C)C(=O)O. The molecule has 0 saturated heterocycles. The molecule has 2 N–H and O–H groups in total. The van der Waals surface area contributed by atoms with Crippen molar-refractivity contribution in [2.45, 2.75) is 109 Å². The van der Waals surface area contributed by atoms with Crippen molar-refractivity contribution in [1.29, 1.82) is 0 Å². The third-order valence-electron chi connectivity index (χ3n) is 6.09. The van der Waals surface area contributed by atoms with Crippen LogP contribution < -0.4 is 5.32 Å². The maximum Gasteiger partial charge on any atom is 0.332 e. The van der Waals surface area contributed by atoms with Gasteiger partial charge in [0.2, 0.25) is 8.32 Å². The van der Waals surface area contributed by atoms with Crippen LogP contribution in [-0.2, 0) is 13.6 Å². The third-order valence-corrected chi connectivity index (χ3v) is 14.9. The standard InChI is InChI=1S/C21H47NO4Si2/c1-17(2)28(18(3)4,19(5)6)26-20(21(23)24)16-22-14-12-10-11-13-15-27(8,9)25-7/h17-20,22H,10-16H2,1-9H3,(H,23,24). The minimum absolute atomic E-state index is 0.384. The van der Waals surface area contributed by atoms with Gasteiger partial charge in [-0.05, 0) is 48.7 Å². The summed E-state index contributed by atoms with van der Waals surface area (Å²) in [6.45, 7) is 18.9. The van der Waals surface area contributed by atoms with E-state index in [9.17, 15) is 9.90 Å². The van der Waals surface area contributed by atoms with Gasteiger partial charge < -0.3 is 19.3 Å². The van der Waals surface area contributed by atoms with E-state index in [1.165, 1.54) is 25.3 Å². The largest absolute Gasteiger partial charge is 0.479 e. The lowest BCUT2D eigenvalue weighted by Crippen LogP contribution is -2.53. The number of hydrogen-bond donors (Lipinski definition) is 2. The second-order valence-electron chi connectivity index (χ2n) is 9.59. The van der Waals surface area contributed by atoms with Gasteiger partial charge in [0.15, 0.2) is 14.4 Å². The predicted octanol–water partition coefficient (Wildman–Crippen LogP) is 5.63. The molecule has 0 amide bonds. The van der Waals surface area contributed by atoms with Gasteiger partial charge in [0.1, 0.15) is 0 Å². The molecule has 0 aromatic rings. The van der Waals surface area contributed by atoms with E-state index in [-0.39, 0.29) is 0 Å². The van der Waals surface area contributed by atoms with Crippen LogP contribution in [0, 0.1) is 0 Å². The summed E-state index contributed by atoms with van der Waals surface area (Å²) in [7, 11) is -1.79. The minimum Gasteiger partial charge on any atom is -0.479 e. The second-order valence-corrected chi connectivity index (χ2v) is 19.4. The highest BCUT2D eigenvalue weighted by Gasteiger charge is 2.47. The van der Waals surface area contributed by atoms with Crippen molar-refractivity contribution in [3.05, 3.63) is 0 Å². The zero-order valence-corrected chi connectivity index (χ0v) is 21.9. The Kier molecular flexibility index (Phi) is 13.1. The Bertz CT molecular complexity index is 420. The molecule has 0 aromatic carbocycles. The van der Waals surface area contributed by atoms with Gasteiger partial charge in [-0.25, -0.2) is 4.79 Å². The topological polar surface area (TPSA) is 67.8 Å². The summed E-state index contributed by atoms with van der Waals surface area (Å²) in [5.41, 5.74) is 1.15. The van der Waals surface area contributed by atoms with Crippen LogP contribution >= 0.6 is 0 Å². The number of carboxylic acid groups (broad SMARTS) is 1. The van der Waals surface area contributed by atoms with E-state index in [1.807, 2.05) is 7.11 Å². The highest BCUT2D eigenvalue weighted by atomic mass is 28.4. The van der Waals surface area contributed by atoms with Crippen LogP contribution in [0.4, 0.5) is 0 Å². The molecule has 0 fully saturated rings. The molecule has 0 aromatic heterocycles. The van der Waals surface area contributed by atoms with Crippen molar-refractivity contribution in [1.82, 2.24) is 5.32 Å². The number of carbonyl (C=O) groups is 1. The first-order chi connectivity index (χ1) is 12.9. The van der Waals surface area contributed by atoms with Crippen LogP contribution in [0.15, 0.2) is 0 Å². The lowest BCUT2D eigenvalue weighted by molar-refractivity contribution is -0.145. The molecule has 1 atom stereocenters. The first kappa shape index (κ1) is 27.8.